The Balaban J connectivity index is 2.54. The SMILES string of the molecule is CC(C)c1ccc2[nH]c([B]O)cc2c1. The van der Waals surface area contributed by atoms with Gasteiger partial charge in [-0.05, 0) is 35.1 Å². The molecule has 0 amide bonds. The fraction of sp³-hybridized carbons (Fsp3) is 0.273. The first-order chi connectivity index (χ1) is 6.70. The lowest BCUT2D eigenvalue weighted by molar-refractivity contribution is 0.614. The molecule has 14 heavy (non-hydrogen) atoms. The van der Waals surface area contributed by atoms with Crippen LogP contribution < -0.4 is 5.59 Å². The van der Waals surface area contributed by atoms with Crippen LogP contribution in [0.2, 0.25) is 0 Å². The van der Waals surface area contributed by atoms with Crippen LogP contribution in [0.15, 0.2) is 24.3 Å². The standard InChI is InChI=1S/C11H13BNO/c1-7(2)8-3-4-10-9(5-8)6-11(12-14)13-10/h3-7,13-14H,1-2H3. The summed E-state index contributed by atoms with van der Waals surface area (Å²) in [5.74, 6) is 0.538. The van der Waals surface area contributed by atoms with Gasteiger partial charge in [-0.15, -0.1) is 0 Å². The van der Waals surface area contributed by atoms with Crippen LogP contribution in [0.5, 0.6) is 0 Å². The van der Waals surface area contributed by atoms with E-state index in [0.29, 0.717) is 5.92 Å². The lowest BCUT2D eigenvalue weighted by Crippen LogP contribution is -2.13. The summed E-state index contributed by atoms with van der Waals surface area (Å²) in [6.07, 6.45) is 0. The molecule has 0 aliphatic rings. The Kier molecular flexibility index (Phi) is 2.34. The number of aromatic nitrogens is 1. The van der Waals surface area contributed by atoms with Gasteiger partial charge in [0, 0.05) is 11.1 Å². The maximum Gasteiger partial charge on any atom is 0.345 e. The molecule has 3 heteroatoms. The molecular weight excluding hydrogens is 173 g/mol. The van der Waals surface area contributed by atoms with Crippen LogP contribution in [0.25, 0.3) is 10.9 Å². The minimum Gasteiger partial charge on any atom is -0.449 e. The van der Waals surface area contributed by atoms with Crippen LogP contribution in [0.1, 0.15) is 25.3 Å². The Morgan fingerprint density at radius 3 is 2.71 bits per heavy atom. The highest BCUT2D eigenvalue weighted by atomic mass is 16.2. The first kappa shape index (κ1) is 9.34. The topological polar surface area (TPSA) is 36.0 Å². The second-order valence-electron chi connectivity index (χ2n) is 3.86. The first-order valence-electron chi connectivity index (χ1n) is 4.81. The van der Waals surface area contributed by atoms with E-state index in [2.05, 4.69) is 37.0 Å². The van der Waals surface area contributed by atoms with Crippen LogP contribution in [0.3, 0.4) is 0 Å². The minimum atomic E-state index is 0.538. The van der Waals surface area contributed by atoms with E-state index < -0.39 is 0 Å². The van der Waals surface area contributed by atoms with E-state index >= 15 is 0 Å². The summed E-state index contributed by atoms with van der Waals surface area (Å²) in [7, 11) is 1.09. The van der Waals surface area contributed by atoms with Crippen molar-refractivity contribution in [2.24, 2.45) is 0 Å². The molecule has 2 nitrogen and oxygen atoms in total. The summed E-state index contributed by atoms with van der Waals surface area (Å²) in [6.45, 7) is 4.35. The molecule has 0 fully saturated rings. The molecule has 0 aliphatic carbocycles. The molecule has 0 spiro atoms. The summed E-state index contributed by atoms with van der Waals surface area (Å²) in [5, 5.41) is 10.0. The van der Waals surface area contributed by atoms with Gasteiger partial charge in [0.05, 0.1) is 0 Å². The van der Waals surface area contributed by atoms with Gasteiger partial charge in [0.2, 0.25) is 0 Å². The minimum absolute atomic E-state index is 0.538. The third-order valence-electron chi connectivity index (χ3n) is 2.47. The molecule has 0 saturated heterocycles. The van der Waals surface area contributed by atoms with E-state index in [1.807, 2.05) is 6.07 Å². The van der Waals surface area contributed by atoms with E-state index in [4.69, 9.17) is 5.02 Å². The number of hydrogen-bond acceptors (Lipinski definition) is 1. The summed E-state index contributed by atoms with van der Waals surface area (Å²) in [6, 6.07) is 8.27. The van der Waals surface area contributed by atoms with Crippen molar-refractivity contribution in [2.45, 2.75) is 19.8 Å². The van der Waals surface area contributed by atoms with E-state index in [-0.39, 0.29) is 0 Å². The van der Waals surface area contributed by atoms with Crippen LogP contribution in [-0.4, -0.2) is 17.5 Å². The molecule has 1 radical (unpaired) electrons. The highest BCUT2D eigenvalue weighted by Crippen LogP contribution is 2.19. The molecule has 0 aliphatic heterocycles. The summed E-state index contributed by atoms with van der Waals surface area (Å²) in [5.41, 5.74) is 3.14. The first-order valence-corrected chi connectivity index (χ1v) is 4.81. The zero-order valence-corrected chi connectivity index (χ0v) is 8.41. The van der Waals surface area contributed by atoms with Gasteiger partial charge in [-0.1, -0.05) is 19.9 Å². The second-order valence-corrected chi connectivity index (χ2v) is 3.86. The van der Waals surface area contributed by atoms with Gasteiger partial charge in [-0.2, -0.15) is 0 Å². The van der Waals surface area contributed by atoms with E-state index in [0.717, 1.165) is 24.0 Å². The average Bonchev–Trinajstić information content (AvgIpc) is 2.58. The van der Waals surface area contributed by atoms with Crippen molar-refractivity contribution < 1.29 is 5.02 Å². The fourth-order valence-electron chi connectivity index (χ4n) is 1.60. The van der Waals surface area contributed by atoms with Crippen molar-refractivity contribution >= 4 is 24.0 Å². The summed E-state index contributed by atoms with van der Waals surface area (Å²) >= 11 is 0. The average molecular weight is 186 g/mol. The smallest absolute Gasteiger partial charge is 0.345 e. The van der Waals surface area contributed by atoms with Gasteiger partial charge in [-0.25, -0.2) is 0 Å². The molecule has 71 valence electrons. The van der Waals surface area contributed by atoms with Crippen LogP contribution in [0.4, 0.5) is 0 Å². The second kappa shape index (κ2) is 3.50. The number of fused-ring (bicyclic) bond motifs is 1. The number of rotatable bonds is 2. The molecule has 0 unspecified atom stereocenters. The third kappa shape index (κ3) is 1.55. The van der Waals surface area contributed by atoms with Crippen LogP contribution in [0, 0.1) is 0 Å². The maximum absolute atomic E-state index is 8.86. The normalized spacial score (nSPS) is 11.1. The Bertz CT molecular complexity index is 447. The van der Waals surface area contributed by atoms with E-state index in [9.17, 15) is 0 Å². The Morgan fingerprint density at radius 1 is 1.29 bits per heavy atom. The van der Waals surface area contributed by atoms with E-state index in [1.165, 1.54) is 5.56 Å². The summed E-state index contributed by atoms with van der Waals surface area (Å²) < 4.78 is 0. The van der Waals surface area contributed by atoms with Gasteiger partial charge in [0.25, 0.3) is 0 Å². The highest BCUT2D eigenvalue weighted by molar-refractivity contribution is 6.45. The van der Waals surface area contributed by atoms with Crippen molar-refractivity contribution in [1.29, 1.82) is 0 Å². The molecule has 0 atom stereocenters. The predicted octanol–water partition coefficient (Wildman–Crippen LogP) is 1.53. The largest absolute Gasteiger partial charge is 0.449 e. The lowest BCUT2D eigenvalue weighted by Gasteiger charge is -2.03. The highest BCUT2D eigenvalue weighted by Gasteiger charge is 2.04. The van der Waals surface area contributed by atoms with Crippen molar-refractivity contribution in [2.75, 3.05) is 0 Å². The van der Waals surface area contributed by atoms with Crippen LogP contribution >= 0.6 is 0 Å². The molecule has 1 aromatic carbocycles. The Morgan fingerprint density at radius 2 is 2.07 bits per heavy atom. The Hall–Kier alpha value is -1.22. The number of hydrogen-bond donors (Lipinski definition) is 2. The molecular formula is C11H13BNO. The number of nitrogens with one attached hydrogen (secondary N) is 1. The third-order valence-corrected chi connectivity index (χ3v) is 2.47. The maximum atomic E-state index is 8.86. The van der Waals surface area contributed by atoms with Gasteiger partial charge >= 0.3 is 7.48 Å². The monoisotopic (exact) mass is 186 g/mol. The molecule has 2 rings (SSSR count). The molecule has 2 N–H and O–H groups in total. The molecule has 0 saturated carbocycles. The summed E-state index contributed by atoms with van der Waals surface area (Å²) in [4.78, 5) is 3.11. The molecule has 1 heterocycles. The quantitative estimate of drug-likeness (QED) is 0.685. The van der Waals surface area contributed by atoms with Crippen molar-refractivity contribution in [3.8, 4) is 0 Å². The molecule has 2 aromatic rings. The van der Waals surface area contributed by atoms with Crippen molar-refractivity contribution in [3.05, 3.63) is 29.8 Å². The van der Waals surface area contributed by atoms with Gasteiger partial charge in [0.15, 0.2) is 0 Å². The van der Waals surface area contributed by atoms with Crippen molar-refractivity contribution in [3.63, 3.8) is 0 Å². The number of benzene rings is 1. The zero-order valence-electron chi connectivity index (χ0n) is 8.41. The van der Waals surface area contributed by atoms with Gasteiger partial charge < -0.3 is 10.0 Å². The van der Waals surface area contributed by atoms with E-state index in [1.54, 1.807) is 0 Å². The fourth-order valence-corrected chi connectivity index (χ4v) is 1.60. The molecule has 0 bridgehead atoms. The number of aromatic amines is 1. The number of H-pyrrole nitrogens is 1. The predicted molar refractivity (Wildman–Crippen MR) is 60.0 cm³/mol. The zero-order chi connectivity index (χ0) is 10.1. The lowest BCUT2D eigenvalue weighted by atomic mass is 9.96. The molecule has 1 aromatic heterocycles. The van der Waals surface area contributed by atoms with Gasteiger partial charge in [0.1, 0.15) is 0 Å². The van der Waals surface area contributed by atoms with Crippen molar-refractivity contribution in [1.82, 2.24) is 4.98 Å². The van der Waals surface area contributed by atoms with Crippen LogP contribution in [-0.2, 0) is 0 Å². The van der Waals surface area contributed by atoms with Gasteiger partial charge in [-0.3, -0.25) is 0 Å². The Labute approximate surface area is 84.2 Å².